The number of nitrogens with zero attached hydrogens (tertiary/aromatic N) is 3. The van der Waals surface area contributed by atoms with Gasteiger partial charge >= 0.3 is 6.18 Å². The molecule has 0 unspecified atom stereocenters. The molecule has 3 rings (SSSR count). The topological polar surface area (TPSA) is 105 Å². The Morgan fingerprint density at radius 3 is 2.57 bits per heavy atom. The molecule has 1 aromatic heterocycles. The van der Waals surface area contributed by atoms with E-state index in [9.17, 15) is 13.2 Å². The van der Waals surface area contributed by atoms with E-state index in [1.807, 2.05) is 0 Å². The van der Waals surface area contributed by atoms with Crippen molar-refractivity contribution < 1.29 is 13.2 Å². The lowest BCUT2D eigenvalue weighted by atomic mass is 10.0. The number of rotatable bonds is 9. The van der Waals surface area contributed by atoms with Crippen molar-refractivity contribution in [2.24, 2.45) is 5.73 Å². The number of halogens is 4. The number of anilines is 1. The van der Waals surface area contributed by atoms with E-state index in [1.165, 1.54) is 23.3 Å². The van der Waals surface area contributed by atoms with Gasteiger partial charge in [0, 0.05) is 41.0 Å². The highest BCUT2D eigenvalue weighted by atomic mass is 35.5. The van der Waals surface area contributed by atoms with Gasteiger partial charge in [-0.3, -0.25) is 0 Å². The summed E-state index contributed by atoms with van der Waals surface area (Å²) in [5, 5.41) is 21.5. The Hall–Kier alpha value is -3.63. The molecule has 5 N–H and O–H groups in total. The Balaban J connectivity index is 1.95. The summed E-state index contributed by atoms with van der Waals surface area (Å²) in [5.74, 6) is 0. The minimum atomic E-state index is -4.78. The fourth-order valence-corrected chi connectivity index (χ4v) is 3.83. The second-order valence-corrected chi connectivity index (χ2v) is 8.02. The number of nitrogens with two attached hydrogens (primary N) is 1. The number of hydrogen-bond acceptors (Lipinski definition) is 6. The molecule has 2 aromatic rings. The van der Waals surface area contributed by atoms with E-state index >= 15 is 0 Å². The van der Waals surface area contributed by atoms with Crippen LogP contribution in [0.15, 0.2) is 77.0 Å². The third kappa shape index (κ3) is 6.28. The molecule has 0 amide bonds. The Morgan fingerprint density at radius 2 is 1.97 bits per heavy atom. The Labute approximate surface area is 206 Å². The van der Waals surface area contributed by atoms with Gasteiger partial charge in [0.25, 0.3) is 0 Å². The molecule has 1 aliphatic rings. The highest BCUT2D eigenvalue weighted by Gasteiger charge is 2.37. The maximum absolute atomic E-state index is 14.1. The summed E-state index contributed by atoms with van der Waals surface area (Å²) in [6.07, 6.45) is 4.70. The summed E-state index contributed by atoms with van der Waals surface area (Å²) in [5.41, 5.74) is 6.66. The number of nitrogens with one attached hydrogen (secondary N) is 3. The molecule has 0 saturated heterocycles. The van der Waals surface area contributed by atoms with Crippen LogP contribution >= 0.6 is 11.6 Å². The monoisotopic (exact) mass is 503 g/mol. The molecule has 11 heteroatoms. The van der Waals surface area contributed by atoms with Crippen molar-refractivity contribution in [3.63, 3.8) is 0 Å². The van der Waals surface area contributed by atoms with E-state index in [0.717, 1.165) is 5.56 Å². The zero-order valence-corrected chi connectivity index (χ0v) is 19.7. The second kappa shape index (κ2) is 11.2. The first-order valence-corrected chi connectivity index (χ1v) is 11.0. The number of aryl methyl sites for hydroxylation is 1. The molecular weight excluding hydrogens is 479 g/mol. The van der Waals surface area contributed by atoms with E-state index in [-0.39, 0.29) is 17.9 Å². The summed E-state index contributed by atoms with van der Waals surface area (Å²) < 4.78 is 42.4. The summed E-state index contributed by atoms with van der Waals surface area (Å²) in [6, 6.07) is 4.97. The maximum atomic E-state index is 14.1. The predicted molar refractivity (Wildman–Crippen MR) is 133 cm³/mol. The first-order chi connectivity index (χ1) is 16.7. The Morgan fingerprint density at radius 1 is 1.26 bits per heavy atom. The van der Waals surface area contributed by atoms with Crippen molar-refractivity contribution in [2.45, 2.75) is 25.9 Å². The minimum Gasteiger partial charge on any atom is -0.359 e. The van der Waals surface area contributed by atoms with Crippen LogP contribution in [0.5, 0.6) is 0 Å². The van der Waals surface area contributed by atoms with Gasteiger partial charge in [0.05, 0.1) is 23.1 Å². The molecule has 0 spiro atoms. The lowest BCUT2D eigenvalue weighted by Gasteiger charge is -2.23. The quantitative estimate of drug-likeness (QED) is 0.274. The molecule has 0 bridgehead atoms. The summed E-state index contributed by atoms with van der Waals surface area (Å²) in [4.78, 5) is 1.40. The fourth-order valence-electron chi connectivity index (χ4n) is 3.52. The van der Waals surface area contributed by atoms with Crippen molar-refractivity contribution >= 4 is 35.3 Å². The molecule has 0 aliphatic heterocycles. The molecular formula is C24H25ClF3N7. The highest BCUT2D eigenvalue weighted by Crippen LogP contribution is 2.34. The number of benzene rings is 1. The fraction of sp³-hybridized carbons (Fsp3) is 0.208. The van der Waals surface area contributed by atoms with E-state index < -0.39 is 17.4 Å². The van der Waals surface area contributed by atoms with Crippen LogP contribution in [0.25, 0.3) is 11.8 Å². The first kappa shape index (κ1) is 26.0. The van der Waals surface area contributed by atoms with Crippen molar-refractivity contribution in [1.29, 1.82) is 5.41 Å². The maximum Gasteiger partial charge on any atom is 0.431 e. The van der Waals surface area contributed by atoms with Gasteiger partial charge in [-0.2, -0.15) is 28.2 Å². The second-order valence-electron chi connectivity index (χ2n) is 7.62. The molecule has 35 heavy (non-hydrogen) atoms. The van der Waals surface area contributed by atoms with Crippen LogP contribution in [-0.4, -0.2) is 33.9 Å². The van der Waals surface area contributed by atoms with Crippen molar-refractivity contribution in [2.75, 3.05) is 11.9 Å². The van der Waals surface area contributed by atoms with Crippen LogP contribution in [0.3, 0.4) is 0 Å². The van der Waals surface area contributed by atoms with Gasteiger partial charge in [-0.05, 0) is 37.5 Å². The summed E-state index contributed by atoms with van der Waals surface area (Å²) >= 11 is 6.35. The van der Waals surface area contributed by atoms with Gasteiger partial charge in [-0.15, -0.1) is 0 Å². The lowest BCUT2D eigenvalue weighted by molar-refractivity contribution is -0.0906. The first-order valence-electron chi connectivity index (χ1n) is 10.6. The zero-order valence-electron chi connectivity index (χ0n) is 19.0. The summed E-state index contributed by atoms with van der Waals surface area (Å²) in [7, 11) is 0. The van der Waals surface area contributed by atoms with Crippen molar-refractivity contribution in [1.82, 2.24) is 20.3 Å². The van der Waals surface area contributed by atoms with E-state index in [0.29, 0.717) is 41.0 Å². The number of allylic oxidation sites excluding steroid dienone is 6. The summed E-state index contributed by atoms with van der Waals surface area (Å²) in [6.45, 7) is 5.79. The molecule has 1 aliphatic carbocycles. The molecule has 0 radical (unpaired) electrons. The third-order valence-corrected chi connectivity index (χ3v) is 5.53. The average molecular weight is 504 g/mol. The molecule has 7 nitrogen and oxygen atoms in total. The van der Waals surface area contributed by atoms with Crippen LogP contribution in [0, 0.1) is 12.3 Å². The largest absolute Gasteiger partial charge is 0.431 e. The van der Waals surface area contributed by atoms with Crippen LogP contribution in [0.1, 0.15) is 24.0 Å². The molecule has 0 fully saturated rings. The molecule has 0 saturated carbocycles. The predicted octanol–water partition coefficient (Wildman–Crippen LogP) is 5.32. The van der Waals surface area contributed by atoms with Crippen LogP contribution < -0.4 is 16.4 Å². The number of aromatic nitrogens is 3. The molecule has 1 aromatic carbocycles. The third-order valence-electron chi connectivity index (χ3n) is 5.21. The van der Waals surface area contributed by atoms with E-state index in [4.69, 9.17) is 22.7 Å². The smallest absolute Gasteiger partial charge is 0.359 e. The van der Waals surface area contributed by atoms with Gasteiger partial charge in [-0.1, -0.05) is 42.5 Å². The Bertz CT molecular complexity index is 1220. The normalized spacial score (nSPS) is 15.1. The molecule has 0 atom stereocenters. The van der Waals surface area contributed by atoms with E-state index in [2.05, 4.69) is 27.4 Å². The molecule has 1 heterocycles. The zero-order chi connectivity index (χ0) is 25.6. The average Bonchev–Trinajstić information content (AvgIpc) is 3.32. The number of hydrogen-bond donors (Lipinski definition) is 4. The SMILES string of the molecule is C=C(NC1=CC(Cl)=C(n2nccn2)CC1)/C(C=N)=C(/Nc1cccc(C)c1/C=C\CN)C(F)(F)F. The van der Waals surface area contributed by atoms with Crippen LogP contribution in [0.4, 0.5) is 18.9 Å². The van der Waals surface area contributed by atoms with Crippen LogP contribution in [-0.2, 0) is 0 Å². The number of alkyl halides is 3. The Kier molecular flexibility index (Phi) is 8.31. The lowest BCUT2D eigenvalue weighted by Crippen LogP contribution is -2.26. The van der Waals surface area contributed by atoms with Gasteiger partial charge in [0.1, 0.15) is 5.70 Å². The molecule has 184 valence electrons. The van der Waals surface area contributed by atoms with Gasteiger partial charge in [0.2, 0.25) is 0 Å². The minimum absolute atomic E-state index is 0.0945. The van der Waals surface area contributed by atoms with Crippen molar-refractivity contribution in [3.05, 3.63) is 88.1 Å². The van der Waals surface area contributed by atoms with Gasteiger partial charge < -0.3 is 21.8 Å². The van der Waals surface area contributed by atoms with Gasteiger partial charge in [-0.25, -0.2) is 0 Å². The highest BCUT2D eigenvalue weighted by molar-refractivity contribution is 6.33. The standard InChI is InChI=1S/C24H25ClF3N7/c1-15-5-3-7-21(18(15)6-4-10-29)34-23(24(26,27)28)19(14-30)16(2)33-17-8-9-22(20(25)13-17)35-31-11-12-32-35/h3-7,11-14,30,33-34H,2,8-10,29H2,1H3/b6-4-,23-19+,30-14?. The van der Waals surface area contributed by atoms with Crippen molar-refractivity contribution in [3.8, 4) is 0 Å². The van der Waals surface area contributed by atoms with E-state index in [1.54, 1.807) is 37.3 Å². The van der Waals surface area contributed by atoms with Crippen LogP contribution in [0.2, 0.25) is 0 Å². The van der Waals surface area contributed by atoms with Gasteiger partial charge in [0.15, 0.2) is 0 Å².